The summed E-state index contributed by atoms with van der Waals surface area (Å²) in [4.78, 5) is 14.5. The summed E-state index contributed by atoms with van der Waals surface area (Å²) in [5.74, 6) is -0.785. The summed E-state index contributed by atoms with van der Waals surface area (Å²) < 4.78 is 6.24. The highest BCUT2D eigenvalue weighted by Crippen LogP contribution is 2.16. The lowest BCUT2D eigenvalue weighted by atomic mass is 10.3. The molecule has 14 heavy (non-hydrogen) atoms. The Morgan fingerprint density at radius 1 is 1.86 bits per heavy atom. The summed E-state index contributed by atoms with van der Waals surface area (Å²) in [5.41, 5.74) is 0.0588. The van der Waals surface area contributed by atoms with Crippen LogP contribution in [0.3, 0.4) is 0 Å². The molecule has 0 spiro atoms. The third-order valence-corrected chi connectivity index (χ3v) is 1.55. The number of nitrogens with zero attached hydrogens (tertiary/aromatic N) is 3. The lowest BCUT2D eigenvalue weighted by molar-refractivity contribution is 0.0698. The van der Waals surface area contributed by atoms with Crippen LogP contribution < -0.4 is 0 Å². The van der Waals surface area contributed by atoms with Crippen LogP contribution in [0.15, 0.2) is 11.2 Å². The molecule has 0 bridgehead atoms. The van der Waals surface area contributed by atoms with E-state index in [4.69, 9.17) is 9.84 Å². The molecule has 76 valence electrons. The average Bonchev–Trinajstić information content (AvgIpc) is 2.48. The molecule has 0 atom stereocenters. The Morgan fingerprint density at radius 3 is 3.14 bits per heavy atom. The fourth-order valence-electron chi connectivity index (χ4n) is 0.897. The van der Waals surface area contributed by atoms with Gasteiger partial charge in [-0.15, -0.1) is 0 Å². The summed E-state index contributed by atoms with van der Waals surface area (Å²) in [6.45, 7) is 2.30. The molecule has 1 aromatic heterocycles. The van der Waals surface area contributed by atoms with Gasteiger partial charge in [0.2, 0.25) is 0 Å². The van der Waals surface area contributed by atoms with E-state index >= 15 is 0 Å². The number of ether oxygens (including phenoxy) is 1. The van der Waals surface area contributed by atoms with E-state index in [1.54, 1.807) is 7.05 Å². The molecule has 0 aliphatic rings. The Labute approximate surface area is 80.8 Å². The first-order valence-corrected chi connectivity index (χ1v) is 4.06. The van der Waals surface area contributed by atoms with Crippen molar-refractivity contribution in [3.63, 3.8) is 0 Å². The zero-order valence-corrected chi connectivity index (χ0v) is 7.97. The van der Waals surface area contributed by atoms with E-state index in [1.165, 1.54) is 17.3 Å². The van der Waals surface area contributed by atoms with Crippen LogP contribution in [0.4, 0.5) is 5.82 Å². The zero-order chi connectivity index (χ0) is 10.6. The van der Waals surface area contributed by atoms with Crippen molar-refractivity contribution in [3.8, 4) is 0 Å². The molecule has 0 fully saturated rings. The van der Waals surface area contributed by atoms with Crippen molar-refractivity contribution >= 4 is 18.2 Å². The summed E-state index contributed by atoms with van der Waals surface area (Å²) in [7, 11) is 1.62. The van der Waals surface area contributed by atoms with E-state index in [-0.39, 0.29) is 11.4 Å². The number of hydrogen-bond acceptors (Lipinski definition) is 4. The lowest BCUT2D eigenvalue weighted by Gasteiger charge is -1.96. The summed E-state index contributed by atoms with van der Waals surface area (Å²) >= 11 is 0. The Bertz CT molecular complexity index is 357. The van der Waals surface area contributed by atoms with Crippen molar-refractivity contribution in [2.45, 2.75) is 6.92 Å². The molecule has 0 radical (unpaired) electrons. The molecule has 1 heterocycles. The average molecular weight is 197 g/mol. The van der Waals surface area contributed by atoms with Crippen LogP contribution in [0.25, 0.3) is 0 Å². The number of aromatic nitrogens is 2. The summed E-state index contributed by atoms with van der Waals surface area (Å²) in [5, 5.41) is 12.6. The van der Waals surface area contributed by atoms with Crippen molar-refractivity contribution in [2.24, 2.45) is 12.0 Å². The molecule has 0 aliphatic carbocycles. The molecule has 6 heteroatoms. The third kappa shape index (κ3) is 2.09. The van der Waals surface area contributed by atoms with Crippen LogP contribution in [0.1, 0.15) is 17.3 Å². The van der Waals surface area contributed by atoms with Crippen molar-refractivity contribution in [1.82, 2.24) is 9.78 Å². The summed E-state index contributed by atoms with van der Waals surface area (Å²) in [6, 6.07) is 0. The number of aliphatic imine (C=N–C) groups is 1. The highest BCUT2D eigenvalue weighted by Gasteiger charge is 2.13. The van der Waals surface area contributed by atoms with Gasteiger partial charge in [0.25, 0.3) is 0 Å². The second-order valence-electron chi connectivity index (χ2n) is 2.50. The minimum atomic E-state index is -1.05. The predicted molar refractivity (Wildman–Crippen MR) is 49.9 cm³/mol. The SMILES string of the molecule is CCOC=Nc1c(C(=O)O)cnn1C. The van der Waals surface area contributed by atoms with Gasteiger partial charge in [-0.05, 0) is 6.92 Å². The standard InChI is InChI=1S/C8H11N3O3/c1-3-14-5-9-7-6(8(12)13)4-10-11(7)2/h4-5H,3H2,1-2H3,(H,12,13). The number of rotatable bonds is 4. The Hall–Kier alpha value is -1.85. The number of carboxylic acid groups (broad SMARTS) is 1. The first-order valence-electron chi connectivity index (χ1n) is 4.06. The molecular formula is C8H11N3O3. The van der Waals surface area contributed by atoms with E-state index < -0.39 is 5.97 Å². The van der Waals surface area contributed by atoms with Crippen LogP contribution in [-0.4, -0.2) is 33.9 Å². The topological polar surface area (TPSA) is 76.7 Å². The molecule has 1 N–H and O–H groups in total. The van der Waals surface area contributed by atoms with Gasteiger partial charge in [0.15, 0.2) is 12.2 Å². The van der Waals surface area contributed by atoms with Crippen molar-refractivity contribution < 1.29 is 14.6 Å². The minimum absolute atomic E-state index is 0.0588. The molecule has 0 unspecified atom stereocenters. The van der Waals surface area contributed by atoms with Gasteiger partial charge in [0.05, 0.1) is 12.8 Å². The quantitative estimate of drug-likeness (QED) is 0.572. The Kier molecular flexibility index (Phi) is 3.22. The summed E-state index contributed by atoms with van der Waals surface area (Å²) in [6.07, 6.45) is 2.46. The molecule has 0 aromatic carbocycles. The first kappa shape index (κ1) is 10.2. The van der Waals surface area contributed by atoms with Gasteiger partial charge in [-0.3, -0.25) is 4.68 Å². The number of carboxylic acids is 1. The maximum absolute atomic E-state index is 10.7. The maximum atomic E-state index is 10.7. The fourth-order valence-corrected chi connectivity index (χ4v) is 0.897. The van der Waals surface area contributed by atoms with Crippen molar-refractivity contribution in [1.29, 1.82) is 0 Å². The second kappa shape index (κ2) is 4.40. The van der Waals surface area contributed by atoms with Crippen molar-refractivity contribution in [2.75, 3.05) is 6.61 Å². The van der Waals surface area contributed by atoms with E-state index in [0.717, 1.165) is 0 Å². The molecule has 0 saturated heterocycles. The van der Waals surface area contributed by atoms with Crippen LogP contribution >= 0.6 is 0 Å². The third-order valence-electron chi connectivity index (χ3n) is 1.55. The normalized spacial score (nSPS) is 10.7. The molecule has 1 aromatic rings. The first-order chi connectivity index (χ1) is 6.66. The lowest BCUT2D eigenvalue weighted by Crippen LogP contribution is -1.96. The number of carbonyl (C=O) groups is 1. The molecule has 1 rings (SSSR count). The molecule has 0 amide bonds. The van der Waals surface area contributed by atoms with Gasteiger partial charge < -0.3 is 9.84 Å². The highest BCUT2D eigenvalue weighted by atomic mass is 16.5. The smallest absolute Gasteiger partial charge is 0.341 e. The monoisotopic (exact) mass is 197 g/mol. The van der Waals surface area contributed by atoms with E-state index in [0.29, 0.717) is 6.61 Å². The largest absolute Gasteiger partial charge is 0.483 e. The van der Waals surface area contributed by atoms with E-state index in [9.17, 15) is 4.79 Å². The fraction of sp³-hybridized carbons (Fsp3) is 0.375. The highest BCUT2D eigenvalue weighted by molar-refractivity contribution is 5.92. The maximum Gasteiger partial charge on any atom is 0.341 e. The zero-order valence-electron chi connectivity index (χ0n) is 7.97. The van der Waals surface area contributed by atoms with Gasteiger partial charge in [-0.2, -0.15) is 5.10 Å². The van der Waals surface area contributed by atoms with Crippen LogP contribution in [-0.2, 0) is 11.8 Å². The molecule has 0 saturated carbocycles. The van der Waals surface area contributed by atoms with Gasteiger partial charge >= 0.3 is 5.97 Å². The second-order valence-corrected chi connectivity index (χ2v) is 2.50. The Balaban J connectivity index is 2.93. The number of hydrogen-bond donors (Lipinski definition) is 1. The van der Waals surface area contributed by atoms with E-state index in [1.807, 2.05) is 6.92 Å². The number of aryl methyl sites for hydroxylation is 1. The van der Waals surface area contributed by atoms with E-state index in [2.05, 4.69) is 10.1 Å². The van der Waals surface area contributed by atoms with Gasteiger partial charge in [-0.1, -0.05) is 0 Å². The molecular weight excluding hydrogens is 186 g/mol. The minimum Gasteiger partial charge on any atom is -0.483 e. The Morgan fingerprint density at radius 2 is 2.57 bits per heavy atom. The van der Waals surface area contributed by atoms with Crippen molar-refractivity contribution in [3.05, 3.63) is 11.8 Å². The van der Waals surface area contributed by atoms with Gasteiger partial charge in [-0.25, -0.2) is 9.79 Å². The van der Waals surface area contributed by atoms with Gasteiger partial charge in [0.1, 0.15) is 5.56 Å². The molecule has 6 nitrogen and oxygen atoms in total. The van der Waals surface area contributed by atoms with Crippen LogP contribution in [0, 0.1) is 0 Å². The van der Waals surface area contributed by atoms with Crippen LogP contribution in [0.5, 0.6) is 0 Å². The number of aromatic carboxylic acids is 1. The molecule has 0 aliphatic heterocycles. The van der Waals surface area contributed by atoms with Crippen LogP contribution in [0.2, 0.25) is 0 Å². The van der Waals surface area contributed by atoms with Gasteiger partial charge in [0, 0.05) is 7.05 Å². The predicted octanol–water partition coefficient (Wildman–Crippen LogP) is 0.815.